The number of carbonyl (C=O) groups excluding carboxylic acids is 1. The number of carboxylic acids is 1. The van der Waals surface area contributed by atoms with Crippen molar-refractivity contribution in [3.8, 4) is 0 Å². The molecule has 2 N–H and O–H groups in total. The Morgan fingerprint density at radius 1 is 1.30 bits per heavy atom. The normalized spacial score (nSPS) is 22.3. The van der Waals surface area contributed by atoms with Gasteiger partial charge in [0.25, 0.3) is 5.91 Å². The van der Waals surface area contributed by atoms with Crippen LogP contribution in [0.15, 0.2) is 22.7 Å². The molecule has 0 aliphatic heterocycles. The van der Waals surface area contributed by atoms with E-state index in [1.54, 1.807) is 6.07 Å². The van der Waals surface area contributed by atoms with Crippen LogP contribution in [0.2, 0.25) is 0 Å². The average molecular weight is 340 g/mol. The molecule has 4 nitrogen and oxygen atoms in total. The molecule has 0 aromatic heterocycles. The largest absolute Gasteiger partial charge is 0.481 e. The zero-order chi connectivity index (χ0) is 14.7. The summed E-state index contributed by atoms with van der Waals surface area (Å²) in [6.07, 6.45) is 3.25. The molecule has 2 rings (SSSR count). The Kier molecular flexibility index (Phi) is 4.81. The van der Waals surface area contributed by atoms with Gasteiger partial charge < -0.3 is 10.4 Å². The van der Waals surface area contributed by atoms with Crippen molar-refractivity contribution in [2.75, 3.05) is 0 Å². The fourth-order valence-electron chi connectivity index (χ4n) is 2.70. The molecule has 2 atom stereocenters. The zero-order valence-electron chi connectivity index (χ0n) is 11.4. The van der Waals surface area contributed by atoms with Gasteiger partial charge in [-0.05, 0) is 37.5 Å². The molecule has 0 saturated heterocycles. The van der Waals surface area contributed by atoms with Gasteiger partial charge in [0, 0.05) is 16.1 Å². The molecule has 1 aliphatic rings. The number of amides is 1. The van der Waals surface area contributed by atoms with E-state index in [4.69, 9.17) is 0 Å². The van der Waals surface area contributed by atoms with Gasteiger partial charge in [0.1, 0.15) is 0 Å². The Hall–Kier alpha value is -1.36. The van der Waals surface area contributed by atoms with Gasteiger partial charge in [0.2, 0.25) is 0 Å². The third-order valence-electron chi connectivity index (χ3n) is 3.91. The van der Waals surface area contributed by atoms with Crippen LogP contribution in [0.1, 0.15) is 41.6 Å². The van der Waals surface area contributed by atoms with E-state index in [2.05, 4.69) is 21.2 Å². The number of halogens is 1. The molecular weight excluding hydrogens is 322 g/mol. The van der Waals surface area contributed by atoms with Crippen molar-refractivity contribution >= 4 is 27.8 Å². The van der Waals surface area contributed by atoms with E-state index in [1.165, 1.54) is 0 Å². The van der Waals surface area contributed by atoms with Crippen molar-refractivity contribution in [1.29, 1.82) is 0 Å². The predicted octanol–water partition coefficient (Wildman–Crippen LogP) is 3.13. The van der Waals surface area contributed by atoms with E-state index in [0.717, 1.165) is 29.3 Å². The van der Waals surface area contributed by atoms with Crippen LogP contribution >= 0.6 is 15.9 Å². The van der Waals surface area contributed by atoms with Gasteiger partial charge >= 0.3 is 5.97 Å². The summed E-state index contributed by atoms with van der Waals surface area (Å²) in [5.74, 6) is -1.48. The van der Waals surface area contributed by atoms with Crippen molar-refractivity contribution in [3.63, 3.8) is 0 Å². The lowest BCUT2D eigenvalue weighted by Gasteiger charge is -2.29. The second-order valence-electron chi connectivity index (χ2n) is 5.22. The summed E-state index contributed by atoms with van der Waals surface area (Å²) in [6.45, 7) is 1.87. The molecule has 1 aromatic rings. The lowest BCUT2D eigenvalue weighted by Crippen LogP contribution is -2.45. The molecule has 0 spiro atoms. The number of benzene rings is 1. The van der Waals surface area contributed by atoms with Gasteiger partial charge in [-0.25, -0.2) is 0 Å². The van der Waals surface area contributed by atoms with Gasteiger partial charge in [0.05, 0.1) is 5.92 Å². The van der Waals surface area contributed by atoms with Crippen LogP contribution in [-0.4, -0.2) is 23.0 Å². The molecule has 108 valence electrons. The molecule has 1 aromatic carbocycles. The maximum atomic E-state index is 12.3. The first kappa shape index (κ1) is 15.0. The maximum Gasteiger partial charge on any atom is 0.308 e. The highest BCUT2D eigenvalue weighted by Gasteiger charge is 2.32. The molecule has 1 saturated carbocycles. The summed E-state index contributed by atoms with van der Waals surface area (Å²) in [6, 6.07) is 5.18. The minimum atomic E-state index is -0.819. The average Bonchev–Trinajstić information content (AvgIpc) is 2.42. The zero-order valence-corrected chi connectivity index (χ0v) is 12.9. The summed E-state index contributed by atoms with van der Waals surface area (Å²) in [7, 11) is 0. The van der Waals surface area contributed by atoms with Gasteiger partial charge in [0.15, 0.2) is 0 Å². The van der Waals surface area contributed by atoms with Crippen LogP contribution in [0.4, 0.5) is 0 Å². The quantitative estimate of drug-likeness (QED) is 0.888. The number of hydrogen-bond acceptors (Lipinski definition) is 2. The predicted molar refractivity (Wildman–Crippen MR) is 79.7 cm³/mol. The first-order valence-corrected chi connectivity index (χ1v) is 7.59. The van der Waals surface area contributed by atoms with E-state index >= 15 is 0 Å². The first-order valence-electron chi connectivity index (χ1n) is 6.79. The van der Waals surface area contributed by atoms with E-state index < -0.39 is 11.9 Å². The third kappa shape index (κ3) is 3.20. The van der Waals surface area contributed by atoms with E-state index in [0.29, 0.717) is 12.0 Å². The fraction of sp³-hybridized carbons (Fsp3) is 0.467. The van der Waals surface area contributed by atoms with Crippen LogP contribution in [0, 0.1) is 12.8 Å². The minimum absolute atomic E-state index is 0.193. The molecule has 1 amide bonds. The Balaban J connectivity index is 2.14. The second-order valence-corrected chi connectivity index (χ2v) is 6.08. The van der Waals surface area contributed by atoms with Crippen LogP contribution in [0.5, 0.6) is 0 Å². The lowest BCUT2D eigenvalue weighted by atomic mass is 9.84. The molecule has 0 bridgehead atoms. The third-order valence-corrected chi connectivity index (χ3v) is 4.77. The number of hydrogen-bond donors (Lipinski definition) is 2. The summed E-state index contributed by atoms with van der Waals surface area (Å²) in [5, 5.41) is 12.1. The van der Waals surface area contributed by atoms with Gasteiger partial charge in [-0.2, -0.15) is 0 Å². The Bertz CT molecular complexity index is 530. The maximum absolute atomic E-state index is 12.3. The van der Waals surface area contributed by atoms with Crippen LogP contribution in [-0.2, 0) is 4.79 Å². The smallest absolute Gasteiger partial charge is 0.308 e. The summed E-state index contributed by atoms with van der Waals surface area (Å²) in [4.78, 5) is 23.6. The monoisotopic (exact) mass is 339 g/mol. The molecule has 5 heteroatoms. The van der Waals surface area contributed by atoms with Crippen molar-refractivity contribution in [2.45, 2.75) is 38.6 Å². The van der Waals surface area contributed by atoms with E-state index in [1.807, 2.05) is 19.1 Å². The lowest BCUT2D eigenvalue weighted by molar-refractivity contribution is -0.143. The molecule has 0 heterocycles. The fourth-order valence-corrected chi connectivity index (χ4v) is 3.07. The van der Waals surface area contributed by atoms with Gasteiger partial charge in [-0.1, -0.05) is 34.8 Å². The number of rotatable bonds is 3. The number of carboxylic acid groups (broad SMARTS) is 1. The second kappa shape index (κ2) is 6.39. The van der Waals surface area contributed by atoms with Crippen molar-refractivity contribution in [2.24, 2.45) is 5.92 Å². The molecule has 1 aliphatic carbocycles. The molecule has 0 radical (unpaired) electrons. The van der Waals surface area contributed by atoms with Crippen LogP contribution in [0.3, 0.4) is 0 Å². The molecule has 20 heavy (non-hydrogen) atoms. The summed E-state index contributed by atoms with van der Waals surface area (Å²) >= 11 is 3.40. The number of carbonyl (C=O) groups is 2. The van der Waals surface area contributed by atoms with Crippen LogP contribution < -0.4 is 5.32 Å². The van der Waals surface area contributed by atoms with Crippen molar-refractivity contribution < 1.29 is 14.7 Å². The Morgan fingerprint density at radius 3 is 2.70 bits per heavy atom. The summed E-state index contributed by atoms with van der Waals surface area (Å²) in [5.41, 5.74) is 1.46. The standard InChI is InChI=1S/C15H18BrNO3/c1-9-10(6-4-7-12(9)16)14(18)17-13-8-3-2-5-11(13)15(19)20/h4,6-7,11,13H,2-3,5,8H2,1H3,(H,17,18)(H,19,20). The van der Waals surface area contributed by atoms with Crippen LogP contribution in [0.25, 0.3) is 0 Å². The molecule has 1 fully saturated rings. The molecular formula is C15H18BrNO3. The van der Waals surface area contributed by atoms with Crippen molar-refractivity contribution in [1.82, 2.24) is 5.32 Å². The summed E-state index contributed by atoms with van der Waals surface area (Å²) < 4.78 is 0.878. The Labute approximate surface area is 126 Å². The van der Waals surface area contributed by atoms with Gasteiger partial charge in [-0.15, -0.1) is 0 Å². The topological polar surface area (TPSA) is 66.4 Å². The number of aliphatic carboxylic acids is 1. The Morgan fingerprint density at radius 2 is 2.00 bits per heavy atom. The SMILES string of the molecule is Cc1c(Br)cccc1C(=O)NC1CCCCC1C(=O)O. The highest BCUT2D eigenvalue weighted by atomic mass is 79.9. The van der Waals surface area contributed by atoms with Gasteiger partial charge in [-0.3, -0.25) is 9.59 Å². The molecule has 2 unspecified atom stereocenters. The highest BCUT2D eigenvalue weighted by Crippen LogP contribution is 2.26. The first-order chi connectivity index (χ1) is 9.50. The number of nitrogens with one attached hydrogen (secondary N) is 1. The highest BCUT2D eigenvalue weighted by molar-refractivity contribution is 9.10. The van der Waals surface area contributed by atoms with Crippen molar-refractivity contribution in [3.05, 3.63) is 33.8 Å². The minimum Gasteiger partial charge on any atom is -0.481 e. The van der Waals surface area contributed by atoms with E-state index in [-0.39, 0.29) is 11.9 Å². The van der Waals surface area contributed by atoms with E-state index in [9.17, 15) is 14.7 Å².